The summed E-state index contributed by atoms with van der Waals surface area (Å²) in [7, 11) is 0. The lowest BCUT2D eigenvalue weighted by molar-refractivity contribution is -0.0499. The molecule has 0 radical (unpaired) electrons. The average Bonchev–Trinajstić information content (AvgIpc) is 2.42. The third-order valence-electron chi connectivity index (χ3n) is 2.95. The Kier molecular flexibility index (Phi) is 5.09. The lowest BCUT2D eigenvalue weighted by atomic mass is 9.99. The zero-order valence-electron chi connectivity index (χ0n) is 10.9. The summed E-state index contributed by atoms with van der Waals surface area (Å²) in [5, 5.41) is 0.0227. The number of ether oxygens (including phenoxy) is 1. The van der Waals surface area contributed by atoms with Gasteiger partial charge >= 0.3 is 6.61 Å². The highest BCUT2D eigenvalue weighted by atomic mass is 35.5. The van der Waals surface area contributed by atoms with Crippen LogP contribution in [0.4, 0.5) is 13.2 Å². The molecule has 0 heterocycles. The molecule has 0 aliphatic rings. The van der Waals surface area contributed by atoms with Gasteiger partial charge in [0.25, 0.3) is 0 Å². The number of alkyl halides is 2. The summed E-state index contributed by atoms with van der Waals surface area (Å²) in [5.41, 5.74) is 7.44. The molecular weight excluding hydrogens is 303 g/mol. The molecule has 0 aliphatic heterocycles. The van der Waals surface area contributed by atoms with Gasteiger partial charge in [-0.2, -0.15) is 8.78 Å². The van der Waals surface area contributed by atoms with Crippen molar-refractivity contribution < 1.29 is 17.9 Å². The highest BCUT2D eigenvalue weighted by molar-refractivity contribution is 6.30. The van der Waals surface area contributed by atoms with E-state index in [0.29, 0.717) is 12.0 Å². The Labute approximate surface area is 125 Å². The Morgan fingerprint density at radius 1 is 1.14 bits per heavy atom. The van der Waals surface area contributed by atoms with Crippen molar-refractivity contribution in [3.8, 4) is 5.75 Å². The van der Waals surface area contributed by atoms with Crippen molar-refractivity contribution in [2.24, 2.45) is 5.73 Å². The molecule has 1 atom stereocenters. The van der Waals surface area contributed by atoms with Crippen molar-refractivity contribution in [1.82, 2.24) is 0 Å². The molecule has 112 valence electrons. The molecule has 0 aromatic heterocycles. The first-order chi connectivity index (χ1) is 9.95. The molecule has 2 N–H and O–H groups in total. The molecule has 2 aromatic carbocycles. The van der Waals surface area contributed by atoms with E-state index in [1.54, 1.807) is 18.2 Å². The molecule has 0 amide bonds. The number of nitrogens with two attached hydrogens (primary N) is 1. The Balaban J connectivity index is 2.12. The third kappa shape index (κ3) is 4.37. The molecule has 6 heteroatoms. The van der Waals surface area contributed by atoms with Crippen LogP contribution in [0.15, 0.2) is 42.5 Å². The topological polar surface area (TPSA) is 35.2 Å². The van der Waals surface area contributed by atoms with E-state index in [0.717, 1.165) is 5.56 Å². The second-order valence-electron chi connectivity index (χ2n) is 4.51. The van der Waals surface area contributed by atoms with Crippen molar-refractivity contribution in [3.05, 3.63) is 64.4 Å². The van der Waals surface area contributed by atoms with E-state index in [1.807, 2.05) is 0 Å². The van der Waals surface area contributed by atoms with Crippen molar-refractivity contribution >= 4 is 11.6 Å². The molecule has 0 bridgehead atoms. The number of halogens is 4. The van der Waals surface area contributed by atoms with Gasteiger partial charge in [0, 0.05) is 6.04 Å². The van der Waals surface area contributed by atoms with E-state index < -0.39 is 18.5 Å². The quantitative estimate of drug-likeness (QED) is 0.891. The molecule has 0 saturated heterocycles. The summed E-state index contributed by atoms with van der Waals surface area (Å²) in [5.74, 6) is -0.448. The van der Waals surface area contributed by atoms with Gasteiger partial charge in [0.05, 0.1) is 5.02 Å². The van der Waals surface area contributed by atoms with Crippen LogP contribution in [0.25, 0.3) is 0 Å². The Morgan fingerprint density at radius 2 is 1.90 bits per heavy atom. The van der Waals surface area contributed by atoms with E-state index in [9.17, 15) is 13.2 Å². The number of benzene rings is 2. The molecule has 2 rings (SSSR count). The van der Waals surface area contributed by atoms with Crippen LogP contribution in [0.1, 0.15) is 17.2 Å². The summed E-state index contributed by atoms with van der Waals surface area (Å²) in [6, 6.07) is 10.1. The highest BCUT2D eigenvalue weighted by Crippen LogP contribution is 2.24. The lowest BCUT2D eigenvalue weighted by Gasteiger charge is -2.14. The predicted octanol–water partition coefficient (Wildman–Crippen LogP) is 4.32. The highest BCUT2D eigenvalue weighted by Gasteiger charge is 2.11. The average molecular weight is 316 g/mol. The maximum absolute atomic E-state index is 13.1. The minimum Gasteiger partial charge on any atom is -0.435 e. The van der Waals surface area contributed by atoms with Crippen LogP contribution in [-0.2, 0) is 6.42 Å². The molecule has 2 aromatic rings. The van der Waals surface area contributed by atoms with Crippen LogP contribution < -0.4 is 10.5 Å². The van der Waals surface area contributed by atoms with Gasteiger partial charge in [-0.05, 0) is 41.8 Å². The zero-order chi connectivity index (χ0) is 15.4. The number of hydrogen-bond acceptors (Lipinski definition) is 2. The van der Waals surface area contributed by atoms with Gasteiger partial charge in [0.2, 0.25) is 0 Å². The molecule has 0 spiro atoms. The van der Waals surface area contributed by atoms with Crippen LogP contribution in [0.5, 0.6) is 5.75 Å². The zero-order valence-corrected chi connectivity index (χ0v) is 11.7. The Morgan fingerprint density at radius 3 is 2.57 bits per heavy atom. The van der Waals surface area contributed by atoms with Gasteiger partial charge in [-0.25, -0.2) is 4.39 Å². The fourth-order valence-corrected chi connectivity index (χ4v) is 2.16. The summed E-state index contributed by atoms with van der Waals surface area (Å²) >= 11 is 5.71. The minimum atomic E-state index is -2.88. The Bertz CT molecular complexity index is 622. The smallest absolute Gasteiger partial charge is 0.387 e. The summed E-state index contributed by atoms with van der Waals surface area (Å²) in [6.45, 7) is -2.88. The van der Waals surface area contributed by atoms with E-state index in [2.05, 4.69) is 4.74 Å². The first-order valence-electron chi connectivity index (χ1n) is 6.20. The van der Waals surface area contributed by atoms with Crippen LogP contribution in [0.3, 0.4) is 0 Å². The first-order valence-corrected chi connectivity index (χ1v) is 6.58. The van der Waals surface area contributed by atoms with Crippen molar-refractivity contribution in [1.29, 1.82) is 0 Å². The van der Waals surface area contributed by atoms with Crippen LogP contribution in [-0.4, -0.2) is 6.61 Å². The lowest BCUT2D eigenvalue weighted by Crippen LogP contribution is -2.14. The minimum absolute atomic E-state index is 0.0227. The number of rotatable bonds is 5. The van der Waals surface area contributed by atoms with Crippen LogP contribution in [0.2, 0.25) is 5.02 Å². The van der Waals surface area contributed by atoms with Crippen LogP contribution in [0, 0.1) is 5.82 Å². The summed E-state index contributed by atoms with van der Waals surface area (Å²) in [4.78, 5) is 0. The van der Waals surface area contributed by atoms with E-state index >= 15 is 0 Å². The van der Waals surface area contributed by atoms with Crippen LogP contribution >= 0.6 is 11.6 Å². The largest absolute Gasteiger partial charge is 0.435 e. The van der Waals surface area contributed by atoms with Gasteiger partial charge in [-0.15, -0.1) is 0 Å². The molecule has 0 fully saturated rings. The van der Waals surface area contributed by atoms with Crippen molar-refractivity contribution in [2.45, 2.75) is 19.1 Å². The Hall–Kier alpha value is -1.72. The van der Waals surface area contributed by atoms with E-state index in [4.69, 9.17) is 17.3 Å². The molecule has 0 saturated carbocycles. The molecule has 0 aliphatic carbocycles. The third-order valence-corrected chi connectivity index (χ3v) is 3.24. The van der Waals surface area contributed by atoms with Gasteiger partial charge < -0.3 is 10.5 Å². The fraction of sp³-hybridized carbons (Fsp3) is 0.200. The monoisotopic (exact) mass is 315 g/mol. The van der Waals surface area contributed by atoms with Gasteiger partial charge in [0.15, 0.2) is 0 Å². The summed E-state index contributed by atoms with van der Waals surface area (Å²) in [6.07, 6.45) is 0.401. The van der Waals surface area contributed by atoms with E-state index in [-0.39, 0.29) is 10.8 Å². The standard InChI is InChI=1S/C15H13ClF3NO/c16-12-6-9(4-5-13(12)17)7-14(20)10-2-1-3-11(8-10)21-15(18)19/h1-6,8,14-15H,7,20H2. The first kappa shape index (κ1) is 15.7. The SMILES string of the molecule is NC(Cc1ccc(F)c(Cl)c1)c1cccc(OC(F)F)c1. The molecule has 21 heavy (non-hydrogen) atoms. The molecule has 2 nitrogen and oxygen atoms in total. The maximum Gasteiger partial charge on any atom is 0.387 e. The predicted molar refractivity (Wildman–Crippen MR) is 75.1 cm³/mol. The second kappa shape index (κ2) is 6.83. The fourth-order valence-electron chi connectivity index (χ4n) is 1.96. The second-order valence-corrected chi connectivity index (χ2v) is 4.92. The number of hydrogen-bond donors (Lipinski definition) is 1. The van der Waals surface area contributed by atoms with Crippen molar-refractivity contribution in [3.63, 3.8) is 0 Å². The van der Waals surface area contributed by atoms with Gasteiger partial charge in [0.1, 0.15) is 11.6 Å². The molecular formula is C15H13ClF3NO. The normalized spacial score (nSPS) is 12.5. The summed E-state index contributed by atoms with van der Waals surface area (Å²) < 4.78 is 41.8. The molecule has 1 unspecified atom stereocenters. The van der Waals surface area contributed by atoms with Gasteiger partial charge in [-0.3, -0.25) is 0 Å². The maximum atomic E-state index is 13.1. The van der Waals surface area contributed by atoms with Gasteiger partial charge in [-0.1, -0.05) is 29.8 Å². The van der Waals surface area contributed by atoms with Crippen molar-refractivity contribution in [2.75, 3.05) is 0 Å². The van der Waals surface area contributed by atoms with E-state index in [1.165, 1.54) is 24.3 Å².